The minimum atomic E-state index is -0.308. The first kappa shape index (κ1) is 14.9. The first-order valence-electron chi connectivity index (χ1n) is 7.15. The second kappa shape index (κ2) is 6.33. The Labute approximate surface area is 120 Å². The van der Waals surface area contributed by atoms with Crippen LogP contribution in [0.2, 0.25) is 0 Å². The molecule has 0 spiro atoms. The topological polar surface area (TPSA) is 58.4 Å². The van der Waals surface area contributed by atoms with Crippen LogP contribution in [0.25, 0.3) is 0 Å². The molecule has 110 valence electrons. The Morgan fingerprint density at radius 3 is 2.80 bits per heavy atom. The number of para-hydroxylation sites is 1. The molecule has 1 aromatic carbocycles. The number of rotatable bonds is 4. The monoisotopic (exact) mass is 277 g/mol. The van der Waals surface area contributed by atoms with E-state index in [0.717, 1.165) is 18.5 Å². The average Bonchev–Trinajstić information content (AvgIpc) is 2.41. The molecule has 5 nitrogen and oxygen atoms in total. The first-order chi connectivity index (χ1) is 9.49. The first-order valence-corrected chi connectivity index (χ1v) is 7.15. The van der Waals surface area contributed by atoms with Gasteiger partial charge in [0.2, 0.25) is 0 Å². The number of nitrogens with one attached hydrogen (secondary N) is 1. The van der Waals surface area contributed by atoms with E-state index in [1.807, 2.05) is 12.1 Å². The van der Waals surface area contributed by atoms with Gasteiger partial charge in [-0.3, -0.25) is 10.1 Å². The number of hydrogen-bond donors (Lipinski definition) is 1. The Hall–Kier alpha value is -1.46. The quantitative estimate of drug-likeness (QED) is 0.678. The summed E-state index contributed by atoms with van der Waals surface area (Å²) in [6, 6.07) is 7.92. The van der Waals surface area contributed by atoms with Crippen molar-refractivity contribution >= 4 is 5.69 Å². The maximum Gasteiger partial charge on any atom is 0.273 e. The lowest BCUT2D eigenvalue weighted by Gasteiger charge is -2.40. The molecule has 0 saturated carbocycles. The minimum absolute atomic E-state index is 0.202. The maximum atomic E-state index is 11.0. The summed E-state index contributed by atoms with van der Waals surface area (Å²) < 4.78 is 0. The fourth-order valence-electron chi connectivity index (χ4n) is 2.91. The summed E-state index contributed by atoms with van der Waals surface area (Å²) in [7, 11) is 2.15. The molecule has 1 N–H and O–H groups in total. The van der Waals surface area contributed by atoms with Gasteiger partial charge >= 0.3 is 0 Å². The van der Waals surface area contributed by atoms with Gasteiger partial charge in [0, 0.05) is 36.8 Å². The molecule has 1 fully saturated rings. The van der Waals surface area contributed by atoms with Gasteiger partial charge < -0.3 is 10.2 Å². The number of nitrogens with zero attached hydrogens (tertiary/aromatic N) is 2. The van der Waals surface area contributed by atoms with Crippen LogP contribution in [0, 0.1) is 16.0 Å². The van der Waals surface area contributed by atoms with Crippen LogP contribution in [0.1, 0.15) is 25.8 Å². The van der Waals surface area contributed by atoms with Crippen molar-refractivity contribution in [1.82, 2.24) is 10.2 Å². The Balaban J connectivity index is 2.00. The van der Waals surface area contributed by atoms with Crippen molar-refractivity contribution in [1.29, 1.82) is 0 Å². The molecule has 1 aliphatic rings. The van der Waals surface area contributed by atoms with Crippen LogP contribution in [0.3, 0.4) is 0 Å². The third-order valence-electron chi connectivity index (χ3n) is 4.35. The lowest BCUT2D eigenvalue weighted by Crippen LogP contribution is -2.50. The third kappa shape index (κ3) is 3.35. The molecule has 3 atom stereocenters. The zero-order valence-electron chi connectivity index (χ0n) is 12.4. The molecular weight excluding hydrogens is 254 g/mol. The van der Waals surface area contributed by atoms with Crippen molar-refractivity contribution < 1.29 is 4.92 Å². The van der Waals surface area contributed by atoms with Gasteiger partial charge in [0.1, 0.15) is 0 Å². The Bertz CT molecular complexity index is 478. The van der Waals surface area contributed by atoms with Crippen molar-refractivity contribution in [3.63, 3.8) is 0 Å². The van der Waals surface area contributed by atoms with Gasteiger partial charge in [-0.05, 0) is 26.3 Å². The largest absolute Gasteiger partial charge is 0.309 e. The molecule has 0 amide bonds. The van der Waals surface area contributed by atoms with E-state index in [4.69, 9.17) is 0 Å². The number of hydrogen-bond acceptors (Lipinski definition) is 4. The molecule has 1 aromatic rings. The van der Waals surface area contributed by atoms with Gasteiger partial charge in [0.25, 0.3) is 5.69 Å². The van der Waals surface area contributed by atoms with E-state index >= 15 is 0 Å². The summed E-state index contributed by atoms with van der Waals surface area (Å²) in [5.74, 6) is 0.555. The predicted octanol–water partition coefficient (Wildman–Crippen LogP) is 2.41. The Morgan fingerprint density at radius 1 is 1.40 bits per heavy atom. The van der Waals surface area contributed by atoms with Crippen molar-refractivity contribution in [2.75, 3.05) is 13.6 Å². The van der Waals surface area contributed by atoms with Gasteiger partial charge in [0.15, 0.2) is 0 Å². The summed E-state index contributed by atoms with van der Waals surface area (Å²) >= 11 is 0. The van der Waals surface area contributed by atoms with Gasteiger partial charge in [-0.15, -0.1) is 0 Å². The molecule has 0 aromatic heterocycles. The second-order valence-electron chi connectivity index (χ2n) is 5.87. The Morgan fingerprint density at radius 2 is 2.10 bits per heavy atom. The Kier molecular flexibility index (Phi) is 4.73. The lowest BCUT2D eigenvalue weighted by molar-refractivity contribution is -0.385. The van der Waals surface area contributed by atoms with Crippen LogP contribution in [0.15, 0.2) is 24.3 Å². The fourth-order valence-corrected chi connectivity index (χ4v) is 2.91. The molecular formula is C15H23N3O2. The van der Waals surface area contributed by atoms with Crippen LogP contribution in [-0.2, 0) is 6.54 Å². The second-order valence-corrected chi connectivity index (χ2v) is 5.87. The normalized spacial score (nSPS) is 27.4. The maximum absolute atomic E-state index is 11.0. The molecule has 0 radical (unpaired) electrons. The SMILES string of the molecule is CC1CN(C)C(C)CC1NCc1ccccc1[N+](=O)[O-]. The molecule has 5 heteroatoms. The minimum Gasteiger partial charge on any atom is -0.309 e. The average molecular weight is 277 g/mol. The van der Waals surface area contributed by atoms with Gasteiger partial charge in [-0.25, -0.2) is 0 Å². The summed E-state index contributed by atoms with van der Waals surface area (Å²) in [4.78, 5) is 13.1. The standard InChI is InChI=1S/C15H23N3O2/c1-11-10-17(3)12(2)8-14(11)16-9-13-6-4-5-7-15(13)18(19)20/h4-7,11-12,14,16H,8-10H2,1-3H3. The number of nitro benzene ring substituents is 1. The highest BCUT2D eigenvalue weighted by molar-refractivity contribution is 5.39. The van der Waals surface area contributed by atoms with Crippen molar-refractivity contribution in [2.24, 2.45) is 5.92 Å². The van der Waals surface area contributed by atoms with Gasteiger partial charge in [0.05, 0.1) is 4.92 Å². The van der Waals surface area contributed by atoms with Crippen LogP contribution in [-0.4, -0.2) is 35.5 Å². The lowest BCUT2D eigenvalue weighted by atomic mass is 9.89. The fraction of sp³-hybridized carbons (Fsp3) is 0.600. The molecule has 3 unspecified atom stereocenters. The molecule has 0 bridgehead atoms. The highest BCUT2D eigenvalue weighted by Crippen LogP contribution is 2.22. The number of benzene rings is 1. The molecule has 1 heterocycles. The molecule has 0 aliphatic carbocycles. The zero-order chi connectivity index (χ0) is 14.7. The zero-order valence-corrected chi connectivity index (χ0v) is 12.4. The van der Waals surface area contributed by atoms with Crippen molar-refractivity contribution in [3.8, 4) is 0 Å². The predicted molar refractivity (Wildman–Crippen MR) is 79.6 cm³/mol. The highest BCUT2D eigenvalue weighted by Gasteiger charge is 2.28. The van der Waals surface area contributed by atoms with E-state index in [1.54, 1.807) is 12.1 Å². The van der Waals surface area contributed by atoms with Crippen molar-refractivity contribution in [3.05, 3.63) is 39.9 Å². The van der Waals surface area contributed by atoms with Crippen molar-refractivity contribution in [2.45, 2.75) is 38.9 Å². The van der Waals surface area contributed by atoms with E-state index in [-0.39, 0.29) is 10.6 Å². The van der Waals surface area contributed by atoms with Gasteiger partial charge in [-0.2, -0.15) is 0 Å². The van der Waals surface area contributed by atoms with E-state index in [1.165, 1.54) is 0 Å². The summed E-state index contributed by atoms with van der Waals surface area (Å²) in [5, 5.41) is 14.5. The summed E-state index contributed by atoms with van der Waals surface area (Å²) in [5.41, 5.74) is 0.963. The van der Waals surface area contributed by atoms with E-state index in [0.29, 0.717) is 24.5 Å². The number of nitro groups is 1. The summed E-state index contributed by atoms with van der Waals surface area (Å²) in [6.45, 7) is 6.09. The number of likely N-dealkylation sites (tertiary alicyclic amines) is 1. The molecule has 1 saturated heterocycles. The van der Waals surface area contributed by atoms with Crippen LogP contribution in [0.4, 0.5) is 5.69 Å². The van der Waals surface area contributed by atoms with E-state index in [9.17, 15) is 10.1 Å². The molecule has 2 rings (SSSR count). The van der Waals surface area contributed by atoms with Gasteiger partial charge in [-0.1, -0.05) is 25.1 Å². The smallest absolute Gasteiger partial charge is 0.273 e. The van der Waals surface area contributed by atoms with Crippen LogP contribution < -0.4 is 5.32 Å². The third-order valence-corrected chi connectivity index (χ3v) is 4.35. The van der Waals surface area contributed by atoms with E-state index < -0.39 is 0 Å². The highest BCUT2D eigenvalue weighted by atomic mass is 16.6. The van der Waals surface area contributed by atoms with Crippen LogP contribution in [0.5, 0.6) is 0 Å². The molecule has 20 heavy (non-hydrogen) atoms. The van der Waals surface area contributed by atoms with E-state index in [2.05, 4.69) is 31.1 Å². The summed E-state index contributed by atoms with van der Waals surface area (Å²) in [6.07, 6.45) is 1.08. The molecule has 1 aliphatic heterocycles. The van der Waals surface area contributed by atoms with Crippen LogP contribution >= 0.6 is 0 Å². The number of piperidine rings is 1.